The van der Waals surface area contributed by atoms with Gasteiger partial charge < -0.3 is 4.42 Å². The van der Waals surface area contributed by atoms with Gasteiger partial charge in [0.2, 0.25) is 0 Å². The highest BCUT2D eigenvalue weighted by molar-refractivity contribution is 9.10. The second-order valence-electron chi connectivity index (χ2n) is 2.60. The summed E-state index contributed by atoms with van der Waals surface area (Å²) in [4.78, 5) is 3.99. The maximum Gasteiger partial charge on any atom is 0.150 e. The average Bonchev–Trinajstić information content (AvgIpc) is 2.80. The van der Waals surface area contributed by atoms with Crippen LogP contribution in [-0.2, 0) is 0 Å². The van der Waals surface area contributed by atoms with E-state index >= 15 is 0 Å². The predicted molar refractivity (Wildman–Crippen MR) is 52.0 cm³/mol. The Bertz CT molecular complexity index is 398. The Kier molecular flexibility index (Phi) is 2.62. The van der Waals surface area contributed by atoms with Crippen LogP contribution < -0.4 is 11.3 Å². The van der Waals surface area contributed by atoms with E-state index in [0.717, 1.165) is 4.47 Å². The van der Waals surface area contributed by atoms with Gasteiger partial charge in [0, 0.05) is 0 Å². The van der Waals surface area contributed by atoms with Gasteiger partial charge in [-0.25, -0.2) is 10.4 Å². The Balaban J connectivity index is 2.36. The molecule has 0 aromatic carbocycles. The van der Waals surface area contributed by atoms with E-state index in [0.29, 0.717) is 11.6 Å². The van der Waals surface area contributed by atoms with E-state index in [1.165, 1.54) is 6.33 Å². The van der Waals surface area contributed by atoms with Gasteiger partial charge in [-0.1, -0.05) is 0 Å². The molecule has 74 valence electrons. The minimum atomic E-state index is -0.332. The summed E-state index contributed by atoms with van der Waals surface area (Å²) >= 11 is 3.34. The fourth-order valence-electron chi connectivity index (χ4n) is 1.14. The van der Waals surface area contributed by atoms with Gasteiger partial charge in [-0.05, 0) is 22.0 Å². The smallest absolute Gasteiger partial charge is 0.150 e. The zero-order chi connectivity index (χ0) is 9.97. The quantitative estimate of drug-likeness (QED) is 0.557. The van der Waals surface area contributed by atoms with Crippen molar-refractivity contribution in [2.75, 3.05) is 0 Å². The molecule has 0 aliphatic carbocycles. The predicted octanol–water partition coefficient (Wildman–Crippen LogP) is 0.713. The molecule has 14 heavy (non-hydrogen) atoms. The van der Waals surface area contributed by atoms with Gasteiger partial charge in [0.15, 0.2) is 5.82 Å². The summed E-state index contributed by atoms with van der Waals surface area (Å²) in [5, 5.41) is 6.46. The Hall–Kier alpha value is -1.18. The average molecular weight is 258 g/mol. The zero-order valence-corrected chi connectivity index (χ0v) is 8.65. The molecule has 2 rings (SSSR count). The molecule has 0 saturated carbocycles. The largest absolute Gasteiger partial charge is 0.466 e. The van der Waals surface area contributed by atoms with Crippen LogP contribution in [0.2, 0.25) is 0 Å². The monoisotopic (exact) mass is 257 g/mol. The highest BCUT2D eigenvalue weighted by Crippen LogP contribution is 2.26. The number of nitrogens with two attached hydrogens (primary N) is 1. The van der Waals surface area contributed by atoms with E-state index in [4.69, 9.17) is 10.3 Å². The number of hydrazine groups is 1. The molecule has 7 heteroatoms. The van der Waals surface area contributed by atoms with E-state index in [2.05, 4.69) is 36.5 Å². The third-order valence-electron chi connectivity index (χ3n) is 1.78. The van der Waals surface area contributed by atoms with Crippen molar-refractivity contribution in [3.63, 3.8) is 0 Å². The topological polar surface area (TPSA) is 92.8 Å². The molecular weight excluding hydrogens is 250 g/mol. The number of furan rings is 1. The van der Waals surface area contributed by atoms with Gasteiger partial charge >= 0.3 is 0 Å². The van der Waals surface area contributed by atoms with Crippen LogP contribution in [0.1, 0.15) is 17.6 Å². The van der Waals surface area contributed by atoms with Gasteiger partial charge in [0.1, 0.15) is 18.1 Å². The molecule has 0 spiro atoms. The second-order valence-corrected chi connectivity index (χ2v) is 3.46. The Morgan fingerprint density at radius 1 is 1.64 bits per heavy atom. The summed E-state index contributed by atoms with van der Waals surface area (Å²) in [6.45, 7) is 0. The molecule has 2 aromatic heterocycles. The molecule has 0 saturated heterocycles. The van der Waals surface area contributed by atoms with Crippen LogP contribution in [0, 0.1) is 0 Å². The van der Waals surface area contributed by atoms with Gasteiger partial charge in [0.05, 0.1) is 10.7 Å². The lowest BCUT2D eigenvalue weighted by Gasteiger charge is -2.09. The van der Waals surface area contributed by atoms with Crippen molar-refractivity contribution in [2.45, 2.75) is 6.04 Å². The number of nitrogens with zero attached hydrogens (tertiary/aromatic N) is 2. The summed E-state index contributed by atoms with van der Waals surface area (Å²) < 4.78 is 6.09. The van der Waals surface area contributed by atoms with Crippen LogP contribution in [0.5, 0.6) is 0 Å². The highest BCUT2D eigenvalue weighted by Gasteiger charge is 2.20. The van der Waals surface area contributed by atoms with E-state index in [9.17, 15) is 0 Å². The van der Waals surface area contributed by atoms with E-state index < -0.39 is 0 Å². The Labute approximate surface area is 88.0 Å². The first-order valence-corrected chi connectivity index (χ1v) is 4.66. The molecular formula is C7H8BrN5O. The van der Waals surface area contributed by atoms with Crippen molar-refractivity contribution in [2.24, 2.45) is 5.84 Å². The van der Waals surface area contributed by atoms with Crippen LogP contribution in [0.3, 0.4) is 0 Å². The SMILES string of the molecule is NNC(c1ncn[nH]1)c1occc1Br. The van der Waals surface area contributed by atoms with Gasteiger partial charge in [0.25, 0.3) is 0 Å². The molecule has 0 aliphatic rings. The summed E-state index contributed by atoms with van der Waals surface area (Å²) in [5.41, 5.74) is 2.59. The molecule has 1 atom stereocenters. The van der Waals surface area contributed by atoms with Crippen LogP contribution in [-0.4, -0.2) is 15.2 Å². The number of hydrogen-bond donors (Lipinski definition) is 3. The first kappa shape index (κ1) is 9.38. The molecule has 1 unspecified atom stereocenters. The van der Waals surface area contributed by atoms with Crippen molar-refractivity contribution < 1.29 is 4.42 Å². The van der Waals surface area contributed by atoms with E-state index in [1.54, 1.807) is 12.3 Å². The summed E-state index contributed by atoms with van der Waals surface area (Å²) in [6.07, 6.45) is 2.98. The van der Waals surface area contributed by atoms with E-state index in [-0.39, 0.29) is 6.04 Å². The summed E-state index contributed by atoms with van der Waals surface area (Å²) in [7, 11) is 0. The molecule has 2 heterocycles. The standard InChI is InChI=1S/C7H8BrN5O/c8-4-1-2-14-6(4)5(12-9)7-10-3-11-13-7/h1-3,5,12H,9H2,(H,10,11,13). The lowest BCUT2D eigenvalue weighted by Crippen LogP contribution is -2.29. The number of hydrogen-bond acceptors (Lipinski definition) is 5. The van der Waals surface area contributed by atoms with Crippen molar-refractivity contribution >= 4 is 15.9 Å². The van der Waals surface area contributed by atoms with Crippen molar-refractivity contribution in [3.05, 3.63) is 34.7 Å². The summed E-state index contributed by atoms with van der Waals surface area (Å²) in [6, 6.07) is 1.46. The normalized spacial score (nSPS) is 13.0. The third kappa shape index (κ3) is 1.57. The molecule has 6 nitrogen and oxygen atoms in total. The molecule has 0 fully saturated rings. The van der Waals surface area contributed by atoms with E-state index in [1.807, 2.05) is 0 Å². The zero-order valence-electron chi connectivity index (χ0n) is 7.07. The molecule has 0 aliphatic heterocycles. The first-order chi connectivity index (χ1) is 6.83. The molecule has 0 bridgehead atoms. The van der Waals surface area contributed by atoms with Crippen molar-refractivity contribution in [3.8, 4) is 0 Å². The highest BCUT2D eigenvalue weighted by atomic mass is 79.9. The number of aromatic nitrogens is 3. The maximum absolute atomic E-state index is 5.41. The number of rotatable bonds is 3. The third-order valence-corrected chi connectivity index (χ3v) is 2.44. The minimum absolute atomic E-state index is 0.332. The Morgan fingerprint density at radius 3 is 3.00 bits per heavy atom. The second kappa shape index (κ2) is 3.91. The fraction of sp³-hybridized carbons (Fsp3) is 0.143. The Morgan fingerprint density at radius 2 is 2.50 bits per heavy atom. The fourth-order valence-corrected chi connectivity index (χ4v) is 1.57. The van der Waals surface area contributed by atoms with Gasteiger partial charge in [-0.15, -0.1) is 0 Å². The lowest BCUT2D eigenvalue weighted by molar-refractivity contribution is 0.440. The van der Waals surface area contributed by atoms with Crippen molar-refractivity contribution in [1.82, 2.24) is 20.6 Å². The van der Waals surface area contributed by atoms with Crippen LogP contribution in [0.25, 0.3) is 0 Å². The first-order valence-electron chi connectivity index (χ1n) is 3.87. The number of halogens is 1. The maximum atomic E-state index is 5.41. The number of H-pyrrole nitrogens is 1. The number of aromatic amines is 1. The van der Waals surface area contributed by atoms with Crippen LogP contribution in [0.4, 0.5) is 0 Å². The van der Waals surface area contributed by atoms with Crippen LogP contribution in [0.15, 0.2) is 27.5 Å². The molecule has 0 radical (unpaired) electrons. The lowest BCUT2D eigenvalue weighted by atomic mass is 10.2. The van der Waals surface area contributed by atoms with Crippen molar-refractivity contribution in [1.29, 1.82) is 0 Å². The molecule has 2 aromatic rings. The summed E-state index contributed by atoms with van der Waals surface area (Å²) in [5.74, 6) is 6.66. The van der Waals surface area contributed by atoms with Crippen LogP contribution >= 0.6 is 15.9 Å². The van der Waals surface area contributed by atoms with Gasteiger partial charge in [-0.3, -0.25) is 10.9 Å². The number of nitrogens with one attached hydrogen (secondary N) is 2. The molecule has 4 N–H and O–H groups in total. The van der Waals surface area contributed by atoms with Gasteiger partial charge in [-0.2, -0.15) is 5.10 Å². The molecule has 0 amide bonds. The minimum Gasteiger partial charge on any atom is -0.466 e.